The van der Waals surface area contributed by atoms with Crippen molar-refractivity contribution in [1.29, 1.82) is 0 Å². The van der Waals surface area contributed by atoms with Crippen molar-refractivity contribution in [3.63, 3.8) is 0 Å². The molecule has 48 heavy (non-hydrogen) atoms. The van der Waals surface area contributed by atoms with E-state index in [1.54, 1.807) is 71.8 Å². The number of nitrogens with one attached hydrogen (secondary N) is 2. The first-order chi connectivity index (χ1) is 22.9. The molecule has 3 amide bonds. The molecule has 0 radical (unpaired) electrons. The summed E-state index contributed by atoms with van der Waals surface area (Å²) < 4.78 is 34.3. The molecule has 12 nitrogen and oxygen atoms in total. The van der Waals surface area contributed by atoms with Crippen LogP contribution in [0.5, 0.6) is 5.75 Å². The van der Waals surface area contributed by atoms with Gasteiger partial charge in [-0.25, -0.2) is 8.42 Å². The monoisotopic (exact) mass is 699 g/mol. The van der Waals surface area contributed by atoms with Crippen LogP contribution in [-0.2, 0) is 30.8 Å². The molecule has 1 aromatic heterocycles. The molecule has 0 fully saturated rings. The first-order valence-corrected chi connectivity index (χ1v) is 18.3. The van der Waals surface area contributed by atoms with E-state index in [0.717, 1.165) is 11.3 Å². The van der Waals surface area contributed by atoms with Gasteiger partial charge in [-0.1, -0.05) is 31.5 Å². The molecule has 3 atom stereocenters. The zero-order chi connectivity index (χ0) is 34.8. The number of thiophene rings is 1. The Morgan fingerprint density at radius 1 is 1.08 bits per heavy atom. The third kappa shape index (κ3) is 9.78. The third-order valence-electron chi connectivity index (χ3n) is 8.34. The number of nitrogens with zero attached hydrogens (tertiary/aromatic N) is 2. The molecule has 0 spiro atoms. The number of para-hydroxylation sites is 2. The number of sulfonamides is 1. The Hall–Kier alpha value is -3.98. The van der Waals surface area contributed by atoms with E-state index in [2.05, 4.69) is 10.6 Å². The lowest BCUT2D eigenvalue weighted by atomic mass is 10.0. The predicted octanol–water partition coefficient (Wildman–Crippen LogP) is 4.33. The number of likely N-dealkylation sites (N-methyl/N-ethyl adjacent to an activating group) is 1. The fourth-order valence-electron chi connectivity index (χ4n) is 5.44. The number of nitrogen functional groups attached to an aromatic ring is 1. The molecule has 1 aliphatic heterocycles. The quantitative estimate of drug-likeness (QED) is 0.142. The Morgan fingerprint density at radius 2 is 1.79 bits per heavy atom. The van der Waals surface area contributed by atoms with Crippen LogP contribution in [-0.4, -0.2) is 79.3 Å². The van der Waals surface area contributed by atoms with Crippen LogP contribution in [0, 0.1) is 5.92 Å². The summed E-state index contributed by atoms with van der Waals surface area (Å²) in [6.45, 7) is 3.72. The number of hydrogen-bond donors (Lipinski definition) is 4. The van der Waals surface area contributed by atoms with Crippen molar-refractivity contribution in [3.05, 3.63) is 65.5 Å². The van der Waals surface area contributed by atoms with Gasteiger partial charge in [0.25, 0.3) is 10.0 Å². The second kappa shape index (κ2) is 16.9. The molecule has 0 unspecified atom stereocenters. The molecule has 1 aliphatic rings. The van der Waals surface area contributed by atoms with Gasteiger partial charge < -0.3 is 31.1 Å². The van der Waals surface area contributed by atoms with Crippen molar-refractivity contribution in [2.75, 3.05) is 43.1 Å². The van der Waals surface area contributed by atoms with Crippen LogP contribution in [0.4, 0.5) is 17.1 Å². The Kier molecular flexibility index (Phi) is 13.0. The second-order valence-corrected chi connectivity index (χ2v) is 15.4. The Bertz CT molecular complexity index is 1670. The number of unbranched alkanes of at least 4 members (excludes halogenated alkanes) is 2. The van der Waals surface area contributed by atoms with Gasteiger partial charge in [0.1, 0.15) is 16.1 Å². The Labute approximate surface area is 286 Å². The smallest absolute Gasteiger partial charge is 0.252 e. The van der Waals surface area contributed by atoms with Gasteiger partial charge in [-0.05, 0) is 61.5 Å². The van der Waals surface area contributed by atoms with Gasteiger partial charge >= 0.3 is 0 Å². The molecule has 0 bridgehead atoms. The SMILES string of the molecule is C[C@@H]1CN([C@H](C)CO)C(=O)Cc2cc(NC(=O)CCCCCC(=O)Nc3ccccc3N)ccc2O[C@H]1CN(C)S(=O)(=O)c1cccs1. The fourth-order valence-corrected chi connectivity index (χ4v) is 7.82. The van der Waals surface area contributed by atoms with Gasteiger partial charge in [-0.3, -0.25) is 14.4 Å². The largest absolute Gasteiger partial charge is 0.488 e. The van der Waals surface area contributed by atoms with Crippen LogP contribution in [0.3, 0.4) is 0 Å². The van der Waals surface area contributed by atoms with Gasteiger partial charge in [0.2, 0.25) is 17.7 Å². The van der Waals surface area contributed by atoms with Crippen LogP contribution >= 0.6 is 11.3 Å². The number of amides is 3. The summed E-state index contributed by atoms with van der Waals surface area (Å²) in [7, 11) is -2.24. The van der Waals surface area contributed by atoms with Gasteiger partial charge in [0.05, 0.1) is 37.0 Å². The highest BCUT2D eigenvalue weighted by Crippen LogP contribution is 2.30. The Morgan fingerprint density at radius 3 is 2.46 bits per heavy atom. The minimum absolute atomic E-state index is 0.0249. The molecule has 0 saturated heterocycles. The summed E-state index contributed by atoms with van der Waals surface area (Å²) in [5.74, 6) is -0.402. The van der Waals surface area contributed by atoms with E-state index >= 15 is 0 Å². The maximum atomic E-state index is 13.5. The van der Waals surface area contributed by atoms with E-state index in [9.17, 15) is 27.9 Å². The summed E-state index contributed by atoms with van der Waals surface area (Å²) in [5.41, 5.74) is 8.00. The standard InChI is InChI=1S/C34H45N5O7S2/c1-23-20-39(24(2)22-40)33(43)19-25-18-26(15-16-29(25)46-30(23)21-38(3)48(44,45)34-14-9-17-47-34)36-31(41)12-5-4-6-13-32(42)37-28-11-8-7-10-27(28)35/h7-11,14-18,23-24,30,40H,4-6,12-13,19-22,35H2,1-3H3,(H,36,41)(H,37,42)/t23-,24-,30+/m1/s1. The van der Waals surface area contributed by atoms with Crippen LogP contribution in [0.25, 0.3) is 0 Å². The molecule has 4 rings (SSSR count). The minimum atomic E-state index is -3.74. The second-order valence-electron chi connectivity index (χ2n) is 12.2. The average molecular weight is 700 g/mol. The molecule has 2 aromatic carbocycles. The molecule has 3 aromatic rings. The molecule has 260 valence electrons. The molecular formula is C34H45N5O7S2. The molecule has 5 N–H and O–H groups in total. The molecule has 0 saturated carbocycles. The van der Waals surface area contributed by atoms with Gasteiger partial charge in [0, 0.05) is 43.6 Å². The third-order valence-corrected chi connectivity index (χ3v) is 11.5. The minimum Gasteiger partial charge on any atom is -0.488 e. The number of benzene rings is 2. The van der Waals surface area contributed by atoms with Crippen molar-refractivity contribution in [3.8, 4) is 5.75 Å². The lowest BCUT2D eigenvalue weighted by Crippen LogP contribution is -2.48. The summed E-state index contributed by atoms with van der Waals surface area (Å²) >= 11 is 1.14. The van der Waals surface area contributed by atoms with E-state index in [4.69, 9.17) is 10.5 Å². The fraction of sp³-hybridized carbons (Fsp3) is 0.441. The highest BCUT2D eigenvalue weighted by atomic mass is 32.2. The first-order valence-electron chi connectivity index (χ1n) is 16.0. The van der Waals surface area contributed by atoms with Crippen molar-refractivity contribution >= 4 is 56.1 Å². The molecule has 14 heteroatoms. The summed E-state index contributed by atoms with van der Waals surface area (Å²) in [6.07, 6.45) is 1.83. The molecular weight excluding hydrogens is 655 g/mol. The van der Waals surface area contributed by atoms with E-state index < -0.39 is 22.2 Å². The van der Waals surface area contributed by atoms with E-state index in [0.29, 0.717) is 54.1 Å². The number of hydrogen-bond acceptors (Lipinski definition) is 9. The summed E-state index contributed by atoms with van der Waals surface area (Å²) in [4.78, 5) is 40.1. The summed E-state index contributed by atoms with van der Waals surface area (Å²) in [5, 5.41) is 17.3. The zero-order valence-electron chi connectivity index (χ0n) is 27.6. The van der Waals surface area contributed by atoms with Crippen molar-refractivity contribution in [1.82, 2.24) is 9.21 Å². The van der Waals surface area contributed by atoms with E-state index in [-0.39, 0.29) is 60.4 Å². The maximum absolute atomic E-state index is 13.5. The number of carbonyl (C=O) groups excluding carboxylic acids is 3. The lowest BCUT2D eigenvalue weighted by Gasteiger charge is -2.33. The Balaban J connectivity index is 1.39. The van der Waals surface area contributed by atoms with Crippen molar-refractivity contribution < 1.29 is 32.6 Å². The zero-order valence-corrected chi connectivity index (χ0v) is 29.2. The number of rotatable bonds is 14. The van der Waals surface area contributed by atoms with E-state index in [1.807, 2.05) is 6.92 Å². The van der Waals surface area contributed by atoms with Crippen LogP contribution in [0.1, 0.15) is 51.5 Å². The number of nitrogens with two attached hydrogens (primary N) is 1. The first kappa shape index (κ1) is 36.8. The number of anilines is 3. The van der Waals surface area contributed by atoms with E-state index in [1.165, 1.54) is 11.4 Å². The van der Waals surface area contributed by atoms with Crippen molar-refractivity contribution in [2.24, 2.45) is 5.92 Å². The van der Waals surface area contributed by atoms with Crippen LogP contribution < -0.4 is 21.1 Å². The topological polar surface area (TPSA) is 171 Å². The molecule has 2 heterocycles. The number of ether oxygens (including phenoxy) is 1. The maximum Gasteiger partial charge on any atom is 0.252 e. The van der Waals surface area contributed by atoms with Crippen LogP contribution in [0.15, 0.2) is 64.2 Å². The van der Waals surface area contributed by atoms with Crippen molar-refractivity contribution in [2.45, 2.75) is 68.7 Å². The summed E-state index contributed by atoms with van der Waals surface area (Å²) in [6, 6.07) is 14.9. The van der Waals surface area contributed by atoms with Crippen LogP contribution in [0.2, 0.25) is 0 Å². The van der Waals surface area contributed by atoms with Gasteiger partial charge in [-0.2, -0.15) is 4.31 Å². The highest BCUT2D eigenvalue weighted by Gasteiger charge is 2.33. The number of carbonyl (C=O) groups is 3. The number of aliphatic hydroxyl groups excluding tert-OH is 1. The van der Waals surface area contributed by atoms with Gasteiger partial charge in [0.15, 0.2) is 0 Å². The highest BCUT2D eigenvalue weighted by molar-refractivity contribution is 7.91. The predicted molar refractivity (Wildman–Crippen MR) is 187 cm³/mol. The number of aliphatic hydroxyl groups is 1. The normalized spacial score (nSPS) is 17.4. The lowest BCUT2D eigenvalue weighted by molar-refractivity contribution is -0.134. The van der Waals surface area contributed by atoms with Gasteiger partial charge in [-0.15, -0.1) is 11.3 Å². The molecule has 0 aliphatic carbocycles. The average Bonchev–Trinajstić information content (AvgIpc) is 3.61. The number of fused-ring (bicyclic) bond motifs is 1.